The summed E-state index contributed by atoms with van der Waals surface area (Å²) < 4.78 is 86.1. The summed E-state index contributed by atoms with van der Waals surface area (Å²) in [7, 11) is -6.59. The minimum absolute atomic E-state index is 0. The molecule has 0 spiro atoms. The van der Waals surface area contributed by atoms with E-state index in [2.05, 4.69) is 36.6 Å². The number of alkyl halides is 4. The van der Waals surface area contributed by atoms with Crippen molar-refractivity contribution in [2.45, 2.75) is 11.4 Å². The first kappa shape index (κ1) is 20.6. The Kier molecular flexibility index (Phi) is 7.00. The molecule has 0 N–H and O–H groups in total. The number of halogens is 6. The molecule has 0 aromatic heterocycles. The van der Waals surface area contributed by atoms with Gasteiger partial charge in [-0.2, -0.15) is 17.6 Å². The first-order chi connectivity index (χ1) is 8.38. The van der Waals surface area contributed by atoms with Gasteiger partial charge in [-0.1, -0.05) is 15.9 Å². The van der Waals surface area contributed by atoms with Gasteiger partial charge in [0.2, 0.25) is 0 Å². The predicted octanol–water partition coefficient (Wildman–Crippen LogP) is 0.325. The average Bonchev–Trinajstić information content (AvgIpc) is 2.21. The fraction of sp³-hybridized carbons (Fsp3) is 0.250. The zero-order valence-electron chi connectivity index (χ0n) is 9.54. The summed E-state index contributed by atoms with van der Waals surface area (Å²) >= 11 is 5.63. The molecule has 0 heterocycles. The quantitative estimate of drug-likeness (QED) is 0.374. The smallest absolute Gasteiger partial charge is 0.743 e. The monoisotopic (exact) mass is 452 g/mol. The largest absolute Gasteiger partial charge is 1.00 e. The van der Waals surface area contributed by atoms with Crippen molar-refractivity contribution in [3.63, 3.8) is 0 Å². The number of hydrogen-bond donors (Lipinski definition) is 0. The van der Waals surface area contributed by atoms with E-state index in [1.54, 1.807) is 0 Å². The molecule has 0 aliphatic heterocycles. The molecule has 108 valence electrons. The topological polar surface area (TPSA) is 66.4 Å². The molecule has 20 heavy (non-hydrogen) atoms. The van der Waals surface area contributed by atoms with Crippen molar-refractivity contribution in [1.29, 1.82) is 0 Å². The van der Waals surface area contributed by atoms with E-state index < -0.39 is 27.2 Å². The molecular weight excluding hydrogens is 451 g/mol. The molecule has 0 unspecified atom stereocenters. The molecule has 0 amide bonds. The molecule has 0 radical (unpaired) electrons. The Labute approximate surface area is 150 Å². The maximum atomic E-state index is 13.1. The van der Waals surface area contributed by atoms with Gasteiger partial charge in [-0.15, -0.1) is 0 Å². The third kappa shape index (κ3) is 4.31. The van der Waals surface area contributed by atoms with Crippen molar-refractivity contribution >= 4 is 42.0 Å². The van der Waals surface area contributed by atoms with Gasteiger partial charge in [-0.05, 0) is 34.1 Å². The summed E-state index contributed by atoms with van der Waals surface area (Å²) in [6.07, 6.45) is -5.52. The second-order valence-corrected chi connectivity index (χ2v) is 6.36. The molecular formula is C8H3Br2F4NaO4S. The number of rotatable bonds is 4. The number of ether oxygens (including phenoxy) is 1. The van der Waals surface area contributed by atoms with Crippen LogP contribution in [0.4, 0.5) is 17.6 Å². The third-order valence-electron chi connectivity index (χ3n) is 1.78. The van der Waals surface area contributed by atoms with Crippen molar-refractivity contribution in [2.24, 2.45) is 0 Å². The van der Waals surface area contributed by atoms with Gasteiger partial charge in [-0.3, -0.25) is 0 Å². The van der Waals surface area contributed by atoms with Crippen LogP contribution in [0.25, 0.3) is 0 Å². The summed E-state index contributed by atoms with van der Waals surface area (Å²) in [6.45, 7) is 0. The van der Waals surface area contributed by atoms with E-state index in [-0.39, 0.29) is 38.5 Å². The van der Waals surface area contributed by atoms with Crippen LogP contribution in [0, 0.1) is 0 Å². The van der Waals surface area contributed by atoms with Crippen molar-refractivity contribution in [1.82, 2.24) is 0 Å². The van der Waals surface area contributed by atoms with Crippen molar-refractivity contribution < 1.29 is 64.8 Å². The SMILES string of the molecule is O=S(=O)([O-])C(F)(F)C(F)(F)Oc1cc(Br)ccc1Br.[Na+]. The van der Waals surface area contributed by atoms with Crippen LogP contribution in [0.2, 0.25) is 0 Å². The van der Waals surface area contributed by atoms with E-state index in [1.165, 1.54) is 12.1 Å². The Morgan fingerprint density at radius 3 is 2.10 bits per heavy atom. The van der Waals surface area contributed by atoms with Gasteiger partial charge >= 0.3 is 40.9 Å². The van der Waals surface area contributed by atoms with Gasteiger partial charge in [0.05, 0.1) is 4.47 Å². The molecule has 1 aromatic carbocycles. The molecule has 1 aromatic rings. The number of benzene rings is 1. The van der Waals surface area contributed by atoms with Crippen LogP contribution in [0.3, 0.4) is 0 Å². The van der Waals surface area contributed by atoms with Crippen molar-refractivity contribution in [3.8, 4) is 5.75 Å². The second kappa shape index (κ2) is 6.80. The van der Waals surface area contributed by atoms with Gasteiger partial charge < -0.3 is 9.29 Å². The van der Waals surface area contributed by atoms with Gasteiger partial charge in [0.15, 0.2) is 10.1 Å². The zero-order chi connectivity index (χ0) is 15.1. The van der Waals surface area contributed by atoms with E-state index in [9.17, 15) is 30.5 Å². The van der Waals surface area contributed by atoms with Crippen molar-refractivity contribution in [3.05, 3.63) is 27.1 Å². The van der Waals surface area contributed by atoms with E-state index >= 15 is 0 Å². The van der Waals surface area contributed by atoms with E-state index in [0.29, 0.717) is 0 Å². The molecule has 0 bridgehead atoms. The standard InChI is InChI=1S/C8H4Br2F4O4S.Na/c9-4-1-2-5(10)6(3-4)18-7(11,12)8(13,14)19(15,16)17;/h1-3H,(H,15,16,17);/q;+1/p-1. The number of hydrogen-bond acceptors (Lipinski definition) is 4. The van der Waals surface area contributed by atoms with Crippen LogP contribution in [-0.2, 0) is 10.1 Å². The molecule has 0 saturated heterocycles. The molecule has 0 saturated carbocycles. The fourth-order valence-electron chi connectivity index (χ4n) is 0.898. The van der Waals surface area contributed by atoms with Crippen molar-refractivity contribution in [2.75, 3.05) is 0 Å². The van der Waals surface area contributed by atoms with Crippen LogP contribution >= 0.6 is 31.9 Å². The zero-order valence-corrected chi connectivity index (χ0v) is 15.5. The van der Waals surface area contributed by atoms with Crippen LogP contribution < -0.4 is 34.3 Å². The Morgan fingerprint density at radius 1 is 1.15 bits per heavy atom. The summed E-state index contributed by atoms with van der Waals surface area (Å²) in [5.41, 5.74) is 0. The minimum Gasteiger partial charge on any atom is -0.743 e. The molecule has 0 aliphatic rings. The van der Waals surface area contributed by atoms with Gasteiger partial charge in [0.1, 0.15) is 5.75 Å². The molecule has 0 fully saturated rings. The Bertz CT molecular complexity index is 596. The summed E-state index contributed by atoms with van der Waals surface area (Å²) in [4.78, 5) is 0. The molecule has 1 rings (SSSR count). The molecule has 4 nitrogen and oxygen atoms in total. The van der Waals surface area contributed by atoms with Gasteiger partial charge in [-0.25, -0.2) is 8.42 Å². The maximum Gasteiger partial charge on any atom is 1.00 e. The van der Waals surface area contributed by atoms with E-state index in [4.69, 9.17) is 0 Å². The van der Waals surface area contributed by atoms with Crippen LogP contribution in [0.1, 0.15) is 0 Å². The molecule has 0 atom stereocenters. The Balaban J connectivity index is 0.00000361. The van der Waals surface area contributed by atoms with E-state index in [1.807, 2.05) is 0 Å². The van der Waals surface area contributed by atoms with Gasteiger partial charge in [0.25, 0.3) is 0 Å². The second-order valence-electron chi connectivity index (χ2n) is 3.16. The van der Waals surface area contributed by atoms with Gasteiger partial charge in [0, 0.05) is 4.47 Å². The summed E-state index contributed by atoms with van der Waals surface area (Å²) in [5.74, 6) is -0.761. The third-order valence-corrected chi connectivity index (χ3v) is 3.80. The predicted molar refractivity (Wildman–Crippen MR) is 62.1 cm³/mol. The normalized spacial score (nSPS) is 12.8. The summed E-state index contributed by atoms with van der Waals surface area (Å²) in [6, 6.07) is 3.47. The fourth-order valence-corrected chi connectivity index (χ4v) is 1.90. The van der Waals surface area contributed by atoms with E-state index in [0.717, 1.165) is 6.07 Å². The summed E-state index contributed by atoms with van der Waals surface area (Å²) in [5, 5.41) is -5.90. The Hall–Kier alpha value is 0.610. The maximum absolute atomic E-state index is 13.1. The first-order valence-corrected chi connectivity index (χ1v) is 7.23. The molecule has 12 heteroatoms. The minimum atomic E-state index is -6.59. The van der Waals surface area contributed by atoms with Crippen LogP contribution in [0.15, 0.2) is 27.1 Å². The van der Waals surface area contributed by atoms with Crippen LogP contribution in [-0.4, -0.2) is 24.3 Å². The molecule has 0 aliphatic carbocycles. The average molecular weight is 454 g/mol. The first-order valence-electron chi connectivity index (χ1n) is 4.23. The van der Waals surface area contributed by atoms with Crippen LogP contribution in [0.5, 0.6) is 5.75 Å². The Morgan fingerprint density at radius 2 is 1.65 bits per heavy atom.